The van der Waals surface area contributed by atoms with Crippen molar-refractivity contribution in [3.63, 3.8) is 0 Å². The summed E-state index contributed by atoms with van der Waals surface area (Å²) in [4.78, 5) is 17.5. The summed E-state index contributed by atoms with van der Waals surface area (Å²) in [7, 11) is 0. The predicted octanol–water partition coefficient (Wildman–Crippen LogP) is 1.73. The molecule has 1 atom stereocenters. The second kappa shape index (κ2) is 9.35. The highest BCUT2D eigenvalue weighted by molar-refractivity contribution is 7.09. The third-order valence-electron chi connectivity index (χ3n) is 5.88. The highest BCUT2D eigenvalue weighted by Crippen LogP contribution is 2.27. The zero-order valence-electron chi connectivity index (χ0n) is 16.9. The molecule has 4 nitrogen and oxygen atoms in total. The molecule has 0 aliphatic carbocycles. The molecule has 3 N–H and O–H groups in total. The summed E-state index contributed by atoms with van der Waals surface area (Å²) in [6, 6.07) is 22.6. The standard InChI is InChI=1S/C24H27N3OS/c1-19(27-15-13-26(14-16-27)18-21-10-7-17-29-21)24(28)25-23-12-6-5-11-22(23)20-8-3-2-4-9-20/h2-12,17,19H,13-16,18H2,1H3,(H,25,28)/p+2/t19-/m0/s1. The van der Waals surface area contributed by atoms with Gasteiger partial charge in [-0.15, -0.1) is 11.3 Å². The molecule has 1 aromatic heterocycles. The third kappa shape index (κ3) is 4.93. The summed E-state index contributed by atoms with van der Waals surface area (Å²) in [6.07, 6.45) is 0. The zero-order chi connectivity index (χ0) is 20.1. The maximum absolute atomic E-state index is 13.0. The molecule has 0 spiro atoms. The minimum atomic E-state index is -0.0536. The van der Waals surface area contributed by atoms with Gasteiger partial charge >= 0.3 is 0 Å². The molecule has 0 unspecified atom stereocenters. The fourth-order valence-electron chi connectivity index (χ4n) is 4.08. The summed E-state index contributed by atoms with van der Waals surface area (Å²) in [5.74, 6) is 0.102. The molecule has 1 fully saturated rings. The van der Waals surface area contributed by atoms with Gasteiger partial charge in [-0.1, -0.05) is 54.6 Å². The maximum atomic E-state index is 13.0. The lowest BCUT2D eigenvalue weighted by atomic mass is 10.0. The number of anilines is 1. The molecular formula is C24H29N3OS+2. The van der Waals surface area contributed by atoms with Crippen molar-refractivity contribution in [1.29, 1.82) is 0 Å². The van der Waals surface area contributed by atoms with E-state index in [0.29, 0.717) is 0 Å². The molecule has 1 aliphatic rings. The average molecular weight is 408 g/mol. The van der Waals surface area contributed by atoms with Crippen LogP contribution in [-0.4, -0.2) is 38.1 Å². The molecular weight excluding hydrogens is 378 g/mol. The lowest BCUT2D eigenvalue weighted by Gasteiger charge is -2.32. The van der Waals surface area contributed by atoms with Crippen LogP contribution >= 0.6 is 11.3 Å². The SMILES string of the molecule is C[C@@H](C(=O)Nc1ccccc1-c1ccccc1)[NH+]1CC[NH+](Cc2cccs2)CC1. The minimum Gasteiger partial charge on any atom is -0.321 e. The Morgan fingerprint density at radius 2 is 1.69 bits per heavy atom. The van der Waals surface area contributed by atoms with E-state index in [1.165, 1.54) is 9.78 Å². The number of hydrogen-bond donors (Lipinski definition) is 3. The van der Waals surface area contributed by atoms with Crippen LogP contribution in [0.1, 0.15) is 11.8 Å². The number of carbonyl (C=O) groups is 1. The van der Waals surface area contributed by atoms with Gasteiger partial charge in [0, 0.05) is 11.3 Å². The Hall–Kier alpha value is -2.47. The van der Waals surface area contributed by atoms with Gasteiger partial charge in [-0.25, -0.2) is 0 Å². The first kappa shape index (κ1) is 19.8. The lowest BCUT2D eigenvalue weighted by molar-refractivity contribution is -1.02. The molecule has 0 bridgehead atoms. The first-order valence-electron chi connectivity index (χ1n) is 10.4. The van der Waals surface area contributed by atoms with Crippen molar-refractivity contribution in [2.24, 2.45) is 0 Å². The Labute approximate surface area is 176 Å². The van der Waals surface area contributed by atoms with Crippen molar-refractivity contribution in [2.75, 3.05) is 31.5 Å². The van der Waals surface area contributed by atoms with Crippen molar-refractivity contribution in [3.8, 4) is 11.1 Å². The smallest absolute Gasteiger partial charge is 0.282 e. The lowest BCUT2D eigenvalue weighted by Crippen LogP contribution is -3.29. The fraction of sp³-hybridized carbons (Fsp3) is 0.292. The van der Waals surface area contributed by atoms with Crippen molar-refractivity contribution in [2.45, 2.75) is 19.5 Å². The number of benzene rings is 2. The Bertz CT molecular complexity index is 918. The topological polar surface area (TPSA) is 38.0 Å². The summed E-state index contributed by atoms with van der Waals surface area (Å²) in [5.41, 5.74) is 3.07. The molecule has 5 heteroatoms. The van der Waals surface area contributed by atoms with Crippen LogP contribution < -0.4 is 15.1 Å². The Balaban J connectivity index is 1.36. The fourth-order valence-corrected chi connectivity index (χ4v) is 4.86. The molecule has 150 valence electrons. The van der Waals surface area contributed by atoms with E-state index in [2.05, 4.69) is 48.0 Å². The van der Waals surface area contributed by atoms with Gasteiger partial charge in [0.05, 0.1) is 4.88 Å². The van der Waals surface area contributed by atoms with Crippen LogP contribution in [0.2, 0.25) is 0 Å². The molecule has 1 saturated heterocycles. The normalized spacial score (nSPS) is 20.2. The van der Waals surface area contributed by atoms with Crippen LogP contribution in [0.5, 0.6) is 0 Å². The van der Waals surface area contributed by atoms with Crippen LogP contribution in [0.4, 0.5) is 5.69 Å². The molecule has 3 aromatic rings. The van der Waals surface area contributed by atoms with Crippen LogP contribution in [0.3, 0.4) is 0 Å². The van der Waals surface area contributed by atoms with Gasteiger partial charge in [-0.05, 0) is 30.0 Å². The molecule has 2 aromatic carbocycles. The van der Waals surface area contributed by atoms with Gasteiger partial charge in [0.2, 0.25) is 0 Å². The number of nitrogens with one attached hydrogen (secondary N) is 3. The van der Waals surface area contributed by atoms with Gasteiger partial charge in [0.1, 0.15) is 32.7 Å². The average Bonchev–Trinajstić information content (AvgIpc) is 3.28. The van der Waals surface area contributed by atoms with Crippen LogP contribution in [-0.2, 0) is 11.3 Å². The summed E-state index contributed by atoms with van der Waals surface area (Å²) in [6.45, 7) is 7.47. The van der Waals surface area contributed by atoms with Crippen LogP contribution in [0, 0.1) is 0 Å². The quantitative estimate of drug-likeness (QED) is 0.572. The Morgan fingerprint density at radius 3 is 2.41 bits per heavy atom. The van der Waals surface area contributed by atoms with Crippen LogP contribution in [0.15, 0.2) is 72.1 Å². The summed E-state index contributed by atoms with van der Waals surface area (Å²) < 4.78 is 0. The van der Waals surface area contributed by atoms with Crippen molar-refractivity contribution in [3.05, 3.63) is 77.0 Å². The van der Waals surface area contributed by atoms with E-state index < -0.39 is 0 Å². The van der Waals surface area contributed by atoms with Gasteiger partial charge in [-0.2, -0.15) is 0 Å². The van der Waals surface area contributed by atoms with Crippen molar-refractivity contribution in [1.82, 2.24) is 0 Å². The molecule has 29 heavy (non-hydrogen) atoms. The van der Waals surface area contributed by atoms with E-state index in [-0.39, 0.29) is 11.9 Å². The maximum Gasteiger partial charge on any atom is 0.282 e. The second-order valence-corrected chi connectivity index (χ2v) is 8.82. The highest BCUT2D eigenvalue weighted by atomic mass is 32.1. The molecule has 1 amide bonds. The number of amides is 1. The number of rotatable bonds is 6. The molecule has 0 radical (unpaired) electrons. The molecule has 4 rings (SSSR count). The van der Waals surface area contributed by atoms with E-state index in [0.717, 1.165) is 49.5 Å². The number of hydrogen-bond acceptors (Lipinski definition) is 2. The number of piperazine rings is 1. The zero-order valence-corrected chi connectivity index (χ0v) is 17.7. The van der Waals surface area contributed by atoms with E-state index in [1.54, 1.807) is 4.90 Å². The van der Waals surface area contributed by atoms with E-state index in [1.807, 2.05) is 47.7 Å². The first-order valence-corrected chi connectivity index (χ1v) is 11.2. The monoisotopic (exact) mass is 407 g/mol. The van der Waals surface area contributed by atoms with Crippen molar-refractivity contribution < 1.29 is 14.6 Å². The van der Waals surface area contributed by atoms with E-state index in [4.69, 9.17) is 0 Å². The first-order chi connectivity index (χ1) is 14.2. The predicted molar refractivity (Wildman–Crippen MR) is 119 cm³/mol. The largest absolute Gasteiger partial charge is 0.321 e. The Kier molecular flexibility index (Phi) is 6.39. The molecule has 1 aliphatic heterocycles. The number of thiophene rings is 1. The van der Waals surface area contributed by atoms with E-state index >= 15 is 0 Å². The van der Waals surface area contributed by atoms with Crippen molar-refractivity contribution >= 4 is 22.9 Å². The molecule has 2 heterocycles. The molecule has 0 saturated carbocycles. The number of quaternary nitrogens is 2. The van der Waals surface area contributed by atoms with Crippen LogP contribution in [0.25, 0.3) is 11.1 Å². The number of carbonyl (C=O) groups excluding carboxylic acids is 1. The van der Waals surface area contributed by atoms with Gasteiger partial charge in [0.25, 0.3) is 5.91 Å². The second-order valence-electron chi connectivity index (χ2n) is 7.79. The van der Waals surface area contributed by atoms with Gasteiger partial charge in [0.15, 0.2) is 6.04 Å². The van der Waals surface area contributed by atoms with Gasteiger partial charge in [-0.3, -0.25) is 4.79 Å². The highest BCUT2D eigenvalue weighted by Gasteiger charge is 2.31. The van der Waals surface area contributed by atoms with Gasteiger partial charge < -0.3 is 15.1 Å². The summed E-state index contributed by atoms with van der Waals surface area (Å²) in [5, 5.41) is 5.34. The summed E-state index contributed by atoms with van der Waals surface area (Å²) >= 11 is 1.84. The van der Waals surface area contributed by atoms with E-state index in [9.17, 15) is 4.79 Å². The number of para-hydroxylation sites is 1. The Morgan fingerprint density at radius 1 is 0.966 bits per heavy atom. The minimum absolute atomic E-state index is 0.0536. The third-order valence-corrected chi connectivity index (χ3v) is 6.76.